The zero-order chi connectivity index (χ0) is 12.6. The normalized spacial score (nSPS) is 31.7. The van der Waals surface area contributed by atoms with Gasteiger partial charge in [0.1, 0.15) is 0 Å². The van der Waals surface area contributed by atoms with Gasteiger partial charge in [0.25, 0.3) is 0 Å². The summed E-state index contributed by atoms with van der Waals surface area (Å²) in [4.78, 5) is 16.7. The molecule has 3 unspecified atom stereocenters. The topological polar surface area (TPSA) is 49.6 Å². The standard InChI is InChI=1S/C13H25N3O/c1-9(2)12(14)13(17)16-7-6-10-4-5-11(8-16)15(10)3/h9-12H,4-8,14H2,1-3H3. The summed E-state index contributed by atoms with van der Waals surface area (Å²) >= 11 is 0. The van der Waals surface area contributed by atoms with Crippen molar-refractivity contribution < 1.29 is 4.79 Å². The first-order chi connectivity index (χ1) is 8.00. The molecule has 2 bridgehead atoms. The molecule has 17 heavy (non-hydrogen) atoms. The van der Waals surface area contributed by atoms with Gasteiger partial charge in [0, 0.05) is 25.2 Å². The number of nitrogens with zero attached hydrogens (tertiary/aromatic N) is 2. The quantitative estimate of drug-likeness (QED) is 0.770. The van der Waals surface area contributed by atoms with Crippen molar-refractivity contribution in [2.24, 2.45) is 11.7 Å². The number of hydrogen-bond donors (Lipinski definition) is 1. The van der Waals surface area contributed by atoms with Crippen LogP contribution in [0.1, 0.15) is 33.1 Å². The second-order valence-electron chi connectivity index (χ2n) is 5.89. The van der Waals surface area contributed by atoms with Crippen LogP contribution < -0.4 is 5.73 Å². The van der Waals surface area contributed by atoms with Crippen LogP contribution in [0.25, 0.3) is 0 Å². The Hall–Kier alpha value is -0.610. The summed E-state index contributed by atoms with van der Waals surface area (Å²) in [7, 11) is 2.19. The van der Waals surface area contributed by atoms with Crippen LogP contribution in [0, 0.1) is 5.92 Å². The Balaban J connectivity index is 2.01. The van der Waals surface area contributed by atoms with Crippen molar-refractivity contribution in [3.05, 3.63) is 0 Å². The molecule has 4 heteroatoms. The lowest BCUT2D eigenvalue weighted by Crippen LogP contribution is -2.49. The van der Waals surface area contributed by atoms with E-state index in [0.29, 0.717) is 12.1 Å². The molecule has 2 saturated heterocycles. The summed E-state index contributed by atoms with van der Waals surface area (Å²) in [5, 5.41) is 0. The van der Waals surface area contributed by atoms with Gasteiger partial charge in [-0.15, -0.1) is 0 Å². The molecule has 2 aliphatic rings. The Labute approximate surface area is 104 Å². The van der Waals surface area contributed by atoms with E-state index in [9.17, 15) is 4.79 Å². The van der Waals surface area contributed by atoms with Crippen LogP contribution in [0.2, 0.25) is 0 Å². The number of likely N-dealkylation sites (tertiary alicyclic amines) is 1. The van der Waals surface area contributed by atoms with Crippen LogP contribution in [0.4, 0.5) is 0 Å². The molecule has 1 amide bonds. The number of likely N-dealkylation sites (N-methyl/N-ethyl adjacent to an activating group) is 1. The Morgan fingerprint density at radius 3 is 2.53 bits per heavy atom. The van der Waals surface area contributed by atoms with Crippen molar-refractivity contribution in [2.75, 3.05) is 20.1 Å². The van der Waals surface area contributed by atoms with Crippen molar-refractivity contribution in [1.82, 2.24) is 9.80 Å². The van der Waals surface area contributed by atoms with Crippen LogP contribution in [0.5, 0.6) is 0 Å². The predicted molar refractivity (Wildman–Crippen MR) is 68.6 cm³/mol. The van der Waals surface area contributed by atoms with Crippen LogP contribution in [-0.4, -0.2) is 54.0 Å². The molecule has 0 saturated carbocycles. The van der Waals surface area contributed by atoms with Crippen LogP contribution in [0.15, 0.2) is 0 Å². The molecule has 2 N–H and O–H groups in total. The van der Waals surface area contributed by atoms with Crippen molar-refractivity contribution >= 4 is 5.91 Å². The second kappa shape index (κ2) is 4.94. The largest absolute Gasteiger partial charge is 0.340 e. The third-order valence-electron chi connectivity index (χ3n) is 4.46. The number of carbonyl (C=O) groups is 1. The molecule has 2 rings (SSSR count). The molecule has 0 radical (unpaired) electrons. The van der Waals surface area contributed by atoms with Gasteiger partial charge in [-0.1, -0.05) is 13.8 Å². The van der Waals surface area contributed by atoms with E-state index in [1.807, 2.05) is 18.7 Å². The molecule has 0 aromatic rings. The summed E-state index contributed by atoms with van der Waals surface area (Å²) in [6.45, 7) is 5.77. The van der Waals surface area contributed by atoms with E-state index in [0.717, 1.165) is 19.5 Å². The van der Waals surface area contributed by atoms with Gasteiger partial charge in [-0.3, -0.25) is 9.69 Å². The lowest BCUT2D eigenvalue weighted by Gasteiger charge is -2.29. The lowest BCUT2D eigenvalue weighted by atomic mass is 10.0. The molecule has 0 spiro atoms. The second-order valence-corrected chi connectivity index (χ2v) is 5.89. The van der Waals surface area contributed by atoms with Gasteiger partial charge in [-0.2, -0.15) is 0 Å². The maximum Gasteiger partial charge on any atom is 0.239 e. The molecule has 0 aliphatic carbocycles. The zero-order valence-corrected chi connectivity index (χ0v) is 11.2. The van der Waals surface area contributed by atoms with Crippen molar-refractivity contribution in [3.8, 4) is 0 Å². The third-order valence-corrected chi connectivity index (χ3v) is 4.46. The van der Waals surface area contributed by atoms with Gasteiger partial charge in [-0.25, -0.2) is 0 Å². The average molecular weight is 239 g/mol. The van der Waals surface area contributed by atoms with Gasteiger partial charge in [0.05, 0.1) is 6.04 Å². The average Bonchev–Trinajstić information content (AvgIpc) is 2.51. The summed E-state index contributed by atoms with van der Waals surface area (Å²) in [6.07, 6.45) is 3.62. The van der Waals surface area contributed by atoms with Gasteiger partial charge in [0.2, 0.25) is 5.91 Å². The number of amides is 1. The summed E-state index contributed by atoms with van der Waals surface area (Å²) in [6, 6.07) is 0.885. The smallest absolute Gasteiger partial charge is 0.239 e. The number of fused-ring (bicyclic) bond motifs is 2. The van der Waals surface area contributed by atoms with E-state index in [4.69, 9.17) is 5.73 Å². The molecule has 98 valence electrons. The van der Waals surface area contributed by atoms with Gasteiger partial charge >= 0.3 is 0 Å². The highest BCUT2D eigenvalue weighted by molar-refractivity contribution is 5.82. The first-order valence-electron chi connectivity index (χ1n) is 6.77. The minimum atomic E-state index is -0.336. The van der Waals surface area contributed by atoms with Crippen molar-refractivity contribution in [2.45, 2.75) is 51.2 Å². The Kier molecular flexibility index (Phi) is 3.73. The lowest BCUT2D eigenvalue weighted by molar-refractivity contribution is -0.133. The third kappa shape index (κ3) is 2.47. The van der Waals surface area contributed by atoms with E-state index < -0.39 is 0 Å². The van der Waals surface area contributed by atoms with Gasteiger partial charge in [-0.05, 0) is 32.2 Å². The SMILES string of the molecule is CC(C)C(N)C(=O)N1CCC2CCC(C1)N2C. The van der Waals surface area contributed by atoms with E-state index >= 15 is 0 Å². The van der Waals surface area contributed by atoms with Crippen LogP contribution in [0.3, 0.4) is 0 Å². The summed E-state index contributed by atoms with van der Waals surface area (Å²) < 4.78 is 0. The summed E-state index contributed by atoms with van der Waals surface area (Å²) in [5.74, 6) is 0.363. The zero-order valence-electron chi connectivity index (χ0n) is 11.2. The predicted octanol–water partition coefficient (Wildman–Crippen LogP) is 0.665. The van der Waals surface area contributed by atoms with Gasteiger partial charge < -0.3 is 10.6 Å². The van der Waals surface area contributed by atoms with Crippen molar-refractivity contribution in [3.63, 3.8) is 0 Å². The molecule has 3 atom stereocenters. The Bertz CT molecular complexity index is 292. The van der Waals surface area contributed by atoms with E-state index in [1.165, 1.54) is 12.8 Å². The highest BCUT2D eigenvalue weighted by Gasteiger charge is 2.37. The summed E-state index contributed by atoms with van der Waals surface area (Å²) in [5.41, 5.74) is 5.97. The molecule has 2 heterocycles. The van der Waals surface area contributed by atoms with Crippen molar-refractivity contribution in [1.29, 1.82) is 0 Å². The number of rotatable bonds is 2. The number of carbonyl (C=O) groups excluding carboxylic acids is 1. The maximum atomic E-state index is 12.3. The molecule has 2 aliphatic heterocycles. The molecule has 0 aromatic heterocycles. The minimum absolute atomic E-state index is 0.140. The van der Waals surface area contributed by atoms with Gasteiger partial charge in [0.15, 0.2) is 0 Å². The van der Waals surface area contributed by atoms with Crippen LogP contribution in [-0.2, 0) is 4.79 Å². The number of nitrogens with two attached hydrogens (primary N) is 1. The van der Waals surface area contributed by atoms with Crippen LogP contribution >= 0.6 is 0 Å². The number of hydrogen-bond acceptors (Lipinski definition) is 3. The van der Waals surface area contributed by atoms with E-state index in [1.54, 1.807) is 0 Å². The van der Waals surface area contributed by atoms with E-state index in [2.05, 4.69) is 11.9 Å². The first-order valence-corrected chi connectivity index (χ1v) is 6.77. The highest BCUT2D eigenvalue weighted by atomic mass is 16.2. The minimum Gasteiger partial charge on any atom is -0.340 e. The highest BCUT2D eigenvalue weighted by Crippen LogP contribution is 2.28. The molecular weight excluding hydrogens is 214 g/mol. The fourth-order valence-corrected chi connectivity index (χ4v) is 3.00. The molecular formula is C13H25N3O. The first kappa shape index (κ1) is 12.8. The fraction of sp³-hybridized carbons (Fsp3) is 0.923. The Morgan fingerprint density at radius 1 is 1.24 bits per heavy atom. The molecule has 2 fully saturated rings. The molecule has 0 aromatic carbocycles. The maximum absolute atomic E-state index is 12.3. The molecule has 4 nitrogen and oxygen atoms in total. The monoisotopic (exact) mass is 239 g/mol. The fourth-order valence-electron chi connectivity index (χ4n) is 3.00. The van der Waals surface area contributed by atoms with E-state index in [-0.39, 0.29) is 17.9 Å². The Morgan fingerprint density at radius 2 is 1.88 bits per heavy atom.